The normalized spacial score (nSPS) is 11.0. The van der Waals surface area contributed by atoms with Gasteiger partial charge < -0.3 is 0 Å². The molecule has 0 saturated carbocycles. The summed E-state index contributed by atoms with van der Waals surface area (Å²) in [7, 11) is 0. The van der Waals surface area contributed by atoms with Crippen molar-refractivity contribution < 1.29 is 4.79 Å². The molecule has 1 aromatic carbocycles. The number of hydrogen-bond donors (Lipinski definition) is 2. The second-order valence-electron chi connectivity index (χ2n) is 4.34. The highest BCUT2D eigenvalue weighted by Crippen LogP contribution is 2.14. The number of benzene rings is 1. The molecule has 0 spiro atoms. The topological polar surface area (TPSA) is 54.0 Å². The summed E-state index contributed by atoms with van der Waals surface area (Å²) in [5.41, 5.74) is 8.28. The first-order valence-electron chi connectivity index (χ1n) is 6.41. The third kappa shape index (κ3) is 3.45. The zero-order chi connectivity index (χ0) is 14.4. The number of amides is 1. The molecule has 20 heavy (non-hydrogen) atoms. The van der Waals surface area contributed by atoms with Gasteiger partial charge in [0.1, 0.15) is 5.82 Å². The fourth-order valence-corrected chi connectivity index (χ4v) is 1.68. The molecule has 0 unspecified atom stereocenters. The molecule has 2 aromatic rings. The number of carbonyl (C=O) groups excluding carboxylic acids is 1. The summed E-state index contributed by atoms with van der Waals surface area (Å²) < 4.78 is 0. The maximum atomic E-state index is 12.0. The lowest BCUT2D eigenvalue weighted by atomic mass is 10.1. The lowest BCUT2D eigenvalue weighted by Gasteiger charge is -2.08. The fraction of sp³-hybridized carbons (Fsp3) is 0.125. The largest absolute Gasteiger partial charge is 0.282 e. The summed E-state index contributed by atoms with van der Waals surface area (Å²) in [4.78, 5) is 16.0. The highest BCUT2D eigenvalue weighted by molar-refractivity contribution is 5.95. The van der Waals surface area contributed by atoms with Crippen molar-refractivity contribution >= 4 is 17.3 Å². The molecule has 2 rings (SSSR count). The van der Waals surface area contributed by atoms with Gasteiger partial charge in [-0.3, -0.25) is 15.6 Å². The van der Waals surface area contributed by atoms with E-state index in [2.05, 4.69) is 15.8 Å². The minimum absolute atomic E-state index is 0.194. The number of aromatic nitrogens is 1. The lowest BCUT2D eigenvalue weighted by Crippen LogP contribution is -2.29. The standard InChI is InChI=1S/C16H17N3O/c1-3-12(2)13-7-9-14(10-8-13)16(20)19-18-15-6-4-5-11-17-15/h3-11H,1-2H3,(H,17,18)(H,19,20). The molecule has 4 heteroatoms. The SMILES string of the molecule is CC=C(C)c1ccc(C(=O)NNc2ccccn2)cc1. The van der Waals surface area contributed by atoms with Crippen molar-refractivity contribution in [3.63, 3.8) is 0 Å². The number of carbonyl (C=O) groups is 1. The van der Waals surface area contributed by atoms with Gasteiger partial charge in [0, 0.05) is 11.8 Å². The van der Waals surface area contributed by atoms with E-state index in [4.69, 9.17) is 0 Å². The second-order valence-corrected chi connectivity index (χ2v) is 4.34. The molecular weight excluding hydrogens is 250 g/mol. The quantitative estimate of drug-likeness (QED) is 0.836. The molecule has 0 atom stereocenters. The minimum atomic E-state index is -0.194. The van der Waals surface area contributed by atoms with Crippen LogP contribution in [0.5, 0.6) is 0 Å². The van der Waals surface area contributed by atoms with E-state index in [1.165, 1.54) is 5.57 Å². The molecule has 2 N–H and O–H groups in total. The van der Waals surface area contributed by atoms with Crippen LogP contribution in [0.2, 0.25) is 0 Å². The molecule has 0 fully saturated rings. The van der Waals surface area contributed by atoms with Gasteiger partial charge in [-0.1, -0.05) is 24.3 Å². The maximum Gasteiger partial charge on any atom is 0.269 e. The molecule has 102 valence electrons. The van der Waals surface area contributed by atoms with E-state index in [-0.39, 0.29) is 5.91 Å². The Labute approximate surface area is 118 Å². The first-order chi connectivity index (χ1) is 9.70. The molecule has 0 aliphatic rings. The average Bonchev–Trinajstić information content (AvgIpc) is 2.53. The van der Waals surface area contributed by atoms with E-state index in [1.54, 1.807) is 24.4 Å². The predicted octanol–water partition coefficient (Wildman–Crippen LogP) is 3.26. The molecule has 1 aromatic heterocycles. The van der Waals surface area contributed by atoms with Crippen molar-refractivity contribution in [2.24, 2.45) is 0 Å². The third-order valence-electron chi connectivity index (χ3n) is 3.00. The van der Waals surface area contributed by atoms with Gasteiger partial charge >= 0.3 is 0 Å². The average molecular weight is 267 g/mol. The Kier molecular flexibility index (Phi) is 4.50. The monoisotopic (exact) mass is 267 g/mol. The van der Waals surface area contributed by atoms with E-state index < -0.39 is 0 Å². The zero-order valence-electron chi connectivity index (χ0n) is 11.6. The smallest absolute Gasteiger partial charge is 0.269 e. The van der Waals surface area contributed by atoms with Crippen LogP contribution in [-0.2, 0) is 0 Å². The van der Waals surface area contributed by atoms with Crippen LogP contribution in [0, 0.1) is 0 Å². The molecule has 1 heterocycles. The van der Waals surface area contributed by atoms with Crippen LogP contribution in [0.1, 0.15) is 29.8 Å². The maximum absolute atomic E-state index is 12.0. The number of hydrogen-bond acceptors (Lipinski definition) is 3. The minimum Gasteiger partial charge on any atom is -0.282 e. The van der Waals surface area contributed by atoms with E-state index in [0.717, 1.165) is 5.56 Å². The van der Waals surface area contributed by atoms with Crippen molar-refractivity contribution in [3.05, 3.63) is 65.9 Å². The van der Waals surface area contributed by atoms with Gasteiger partial charge in [-0.15, -0.1) is 0 Å². The predicted molar refractivity (Wildman–Crippen MR) is 81.1 cm³/mol. The number of nitrogens with zero attached hydrogens (tertiary/aromatic N) is 1. The number of rotatable bonds is 4. The number of pyridine rings is 1. The number of allylic oxidation sites excluding steroid dienone is 2. The van der Waals surface area contributed by atoms with Crippen molar-refractivity contribution in [1.29, 1.82) is 0 Å². The Morgan fingerprint density at radius 2 is 1.80 bits per heavy atom. The van der Waals surface area contributed by atoms with E-state index >= 15 is 0 Å². The summed E-state index contributed by atoms with van der Waals surface area (Å²) in [5, 5.41) is 0. The molecule has 1 amide bonds. The Morgan fingerprint density at radius 1 is 1.10 bits per heavy atom. The Bertz CT molecular complexity index is 603. The molecule has 0 aliphatic heterocycles. The van der Waals surface area contributed by atoms with Crippen LogP contribution in [0.15, 0.2) is 54.7 Å². The van der Waals surface area contributed by atoms with Gasteiger partial charge in [-0.05, 0) is 49.2 Å². The van der Waals surface area contributed by atoms with E-state index in [1.807, 2.05) is 44.2 Å². The summed E-state index contributed by atoms with van der Waals surface area (Å²) in [6.45, 7) is 4.03. The zero-order valence-corrected chi connectivity index (χ0v) is 11.6. The molecule has 4 nitrogen and oxygen atoms in total. The Morgan fingerprint density at radius 3 is 2.40 bits per heavy atom. The second kappa shape index (κ2) is 6.52. The van der Waals surface area contributed by atoms with Gasteiger partial charge in [-0.25, -0.2) is 4.98 Å². The number of anilines is 1. The summed E-state index contributed by atoms with van der Waals surface area (Å²) in [6.07, 6.45) is 3.70. The highest BCUT2D eigenvalue weighted by Gasteiger charge is 2.05. The third-order valence-corrected chi connectivity index (χ3v) is 3.00. The van der Waals surface area contributed by atoms with Crippen molar-refractivity contribution in [1.82, 2.24) is 10.4 Å². The lowest BCUT2D eigenvalue weighted by molar-refractivity contribution is 0.0962. The molecule has 0 aliphatic carbocycles. The van der Waals surface area contributed by atoms with Gasteiger partial charge in [-0.2, -0.15) is 0 Å². The van der Waals surface area contributed by atoms with E-state index in [9.17, 15) is 4.79 Å². The van der Waals surface area contributed by atoms with Crippen LogP contribution in [0.25, 0.3) is 5.57 Å². The summed E-state index contributed by atoms with van der Waals surface area (Å²) in [5.74, 6) is 0.405. The van der Waals surface area contributed by atoms with Gasteiger partial charge in [0.15, 0.2) is 0 Å². The first kappa shape index (κ1) is 13.8. The van der Waals surface area contributed by atoms with Crippen molar-refractivity contribution in [2.75, 3.05) is 5.43 Å². The van der Waals surface area contributed by atoms with Crippen molar-refractivity contribution in [3.8, 4) is 0 Å². The van der Waals surface area contributed by atoms with Gasteiger partial charge in [0.2, 0.25) is 0 Å². The summed E-state index contributed by atoms with van der Waals surface area (Å²) in [6, 6.07) is 12.9. The molecule has 0 radical (unpaired) electrons. The van der Waals surface area contributed by atoms with Crippen LogP contribution < -0.4 is 10.9 Å². The Balaban J connectivity index is 1.99. The molecular formula is C16H17N3O. The van der Waals surface area contributed by atoms with Crippen LogP contribution in [0.3, 0.4) is 0 Å². The highest BCUT2D eigenvalue weighted by atomic mass is 16.2. The summed E-state index contributed by atoms with van der Waals surface area (Å²) >= 11 is 0. The van der Waals surface area contributed by atoms with Crippen molar-refractivity contribution in [2.45, 2.75) is 13.8 Å². The number of hydrazine groups is 1. The van der Waals surface area contributed by atoms with Crippen LogP contribution in [-0.4, -0.2) is 10.9 Å². The van der Waals surface area contributed by atoms with Gasteiger partial charge in [0.05, 0.1) is 0 Å². The van der Waals surface area contributed by atoms with Crippen LogP contribution in [0.4, 0.5) is 5.82 Å². The first-order valence-corrected chi connectivity index (χ1v) is 6.41. The fourth-order valence-electron chi connectivity index (χ4n) is 1.68. The molecule has 0 saturated heterocycles. The number of nitrogens with one attached hydrogen (secondary N) is 2. The van der Waals surface area contributed by atoms with Crippen LogP contribution >= 0.6 is 0 Å². The molecule has 0 bridgehead atoms. The Hall–Kier alpha value is -2.62. The van der Waals surface area contributed by atoms with Gasteiger partial charge in [0.25, 0.3) is 5.91 Å². The van der Waals surface area contributed by atoms with E-state index in [0.29, 0.717) is 11.4 Å².